The van der Waals surface area contributed by atoms with Gasteiger partial charge in [-0.1, -0.05) is 20.8 Å². The minimum absolute atomic E-state index is 0.833. The molecule has 0 aliphatic heterocycles. The third-order valence-electron chi connectivity index (χ3n) is 2.48. The van der Waals surface area contributed by atoms with Gasteiger partial charge in [0.15, 0.2) is 0 Å². The van der Waals surface area contributed by atoms with Gasteiger partial charge in [0.2, 0.25) is 0 Å². The molecule has 0 aromatic rings. The van der Waals surface area contributed by atoms with Crippen molar-refractivity contribution in [3.05, 3.63) is 0 Å². The summed E-state index contributed by atoms with van der Waals surface area (Å²) in [5.74, 6) is 0.833. The highest BCUT2D eigenvalue weighted by molar-refractivity contribution is 4.55. The molecule has 2 nitrogen and oxygen atoms in total. The standard InChI is InChI=1S/C12H28N2/c1-5-13-9-6-7-10-14(4)11-8-12(2)3/h12-13H,5-11H2,1-4H3. The molecule has 0 heterocycles. The molecule has 86 valence electrons. The van der Waals surface area contributed by atoms with Crippen molar-refractivity contribution in [3.8, 4) is 0 Å². The third kappa shape index (κ3) is 10.0. The number of nitrogens with zero attached hydrogens (tertiary/aromatic N) is 1. The molecule has 0 amide bonds. The number of hydrogen-bond donors (Lipinski definition) is 1. The summed E-state index contributed by atoms with van der Waals surface area (Å²) in [6.45, 7) is 11.5. The lowest BCUT2D eigenvalue weighted by atomic mass is 10.1. The van der Waals surface area contributed by atoms with Gasteiger partial charge in [0.25, 0.3) is 0 Å². The summed E-state index contributed by atoms with van der Waals surface area (Å²) in [4.78, 5) is 2.45. The van der Waals surface area contributed by atoms with Crippen molar-refractivity contribution in [2.75, 3.05) is 33.2 Å². The molecule has 1 N–H and O–H groups in total. The van der Waals surface area contributed by atoms with Crippen molar-refractivity contribution in [2.45, 2.75) is 40.0 Å². The lowest BCUT2D eigenvalue weighted by Crippen LogP contribution is -2.23. The molecule has 0 spiro atoms. The Bertz CT molecular complexity index is 113. The molecule has 0 saturated carbocycles. The first-order valence-electron chi connectivity index (χ1n) is 6.06. The van der Waals surface area contributed by atoms with Crippen LogP contribution in [0.4, 0.5) is 0 Å². The Morgan fingerprint density at radius 2 is 1.86 bits per heavy atom. The number of rotatable bonds is 9. The second-order valence-electron chi connectivity index (χ2n) is 4.55. The van der Waals surface area contributed by atoms with E-state index in [1.807, 2.05) is 0 Å². The minimum Gasteiger partial charge on any atom is -0.317 e. The Morgan fingerprint density at radius 3 is 2.43 bits per heavy atom. The summed E-state index contributed by atoms with van der Waals surface area (Å²) in [6, 6.07) is 0. The van der Waals surface area contributed by atoms with Gasteiger partial charge in [0.1, 0.15) is 0 Å². The van der Waals surface area contributed by atoms with Crippen LogP contribution in [-0.4, -0.2) is 38.1 Å². The molecule has 2 heteroatoms. The Hall–Kier alpha value is -0.0800. The van der Waals surface area contributed by atoms with Crippen LogP contribution in [0.15, 0.2) is 0 Å². The van der Waals surface area contributed by atoms with Crippen molar-refractivity contribution < 1.29 is 0 Å². The van der Waals surface area contributed by atoms with Gasteiger partial charge in [0.05, 0.1) is 0 Å². The topological polar surface area (TPSA) is 15.3 Å². The van der Waals surface area contributed by atoms with Gasteiger partial charge in [0, 0.05) is 0 Å². The molecule has 0 aliphatic rings. The largest absolute Gasteiger partial charge is 0.317 e. The number of nitrogens with one attached hydrogen (secondary N) is 1. The van der Waals surface area contributed by atoms with Crippen molar-refractivity contribution in [1.82, 2.24) is 10.2 Å². The highest BCUT2D eigenvalue weighted by Gasteiger charge is 1.99. The first-order chi connectivity index (χ1) is 6.66. The molecule has 14 heavy (non-hydrogen) atoms. The Balaban J connectivity index is 3.14. The van der Waals surface area contributed by atoms with Crippen LogP contribution in [-0.2, 0) is 0 Å². The van der Waals surface area contributed by atoms with E-state index in [2.05, 4.69) is 38.0 Å². The molecule has 0 fully saturated rings. The van der Waals surface area contributed by atoms with Crippen LogP contribution in [0.25, 0.3) is 0 Å². The highest BCUT2D eigenvalue weighted by atomic mass is 15.1. The number of unbranched alkanes of at least 4 members (excludes halogenated alkanes) is 1. The summed E-state index contributed by atoms with van der Waals surface area (Å²) in [5.41, 5.74) is 0. The quantitative estimate of drug-likeness (QED) is 0.575. The maximum absolute atomic E-state index is 3.35. The molecule has 0 atom stereocenters. The van der Waals surface area contributed by atoms with E-state index < -0.39 is 0 Å². The predicted molar refractivity (Wildman–Crippen MR) is 64.7 cm³/mol. The van der Waals surface area contributed by atoms with Gasteiger partial charge in [-0.3, -0.25) is 0 Å². The highest BCUT2D eigenvalue weighted by Crippen LogP contribution is 2.01. The summed E-state index contributed by atoms with van der Waals surface area (Å²) in [5, 5.41) is 3.35. The molecule has 0 aromatic heterocycles. The lowest BCUT2D eigenvalue weighted by molar-refractivity contribution is 0.303. The monoisotopic (exact) mass is 200 g/mol. The van der Waals surface area contributed by atoms with E-state index in [1.165, 1.54) is 38.9 Å². The smallest absolute Gasteiger partial charge is 0.00194 e. The molecule has 0 aromatic carbocycles. The number of hydrogen-bond acceptors (Lipinski definition) is 2. The Kier molecular flexibility index (Phi) is 9.42. The van der Waals surface area contributed by atoms with Gasteiger partial charge in [-0.05, 0) is 58.4 Å². The summed E-state index contributed by atoms with van der Waals surface area (Å²) < 4.78 is 0. The first kappa shape index (κ1) is 13.9. The van der Waals surface area contributed by atoms with E-state index in [0.29, 0.717) is 0 Å². The van der Waals surface area contributed by atoms with Crippen LogP contribution < -0.4 is 5.32 Å². The van der Waals surface area contributed by atoms with E-state index in [1.54, 1.807) is 0 Å². The fraction of sp³-hybridized carbons (Fsp3) is 1.00. The fourth-order valence-electron chi connectivity index (χ4n) is 1.40. The predicted octanol–water partition coefficient (Wildman–Crippen LogP) is 2.35. The SMILES string of the molecule is CCNCCCCN(C)CCC(C)C. The van der Waals surface area contributed by atoms with E-state index in [4.69, 9.17) is 0 Å². The molecular formula is C12H28N2. The van der Waals surface area contributed by atoms with Crippen molar-refractivity contribution in [2.24, 2.45) is 5.92 Å². The normalized spacial score (nSPS) is 11.6. The zero-order chi connectivity index (χ0) is 10.8. The van der Waals surface area contributed by atoms with E-state index in [0.717, 1.165) is 12.5 Å². The van der Waals surface area contributed by atoms with Gasteiger partial charge >= 0.3 is 0 Å². The maximum Gasteiger partial charge on any atom is -0.00194 e. The van der Waals surface area contributed by atoms with Gasteiger partial charge in [-0.25, -0.2) is 0 Å². The lowest BCUT2D eigenvalue weighted by Gasteiger charge is -2.17. The van der Waals surface area contributed by atoms with Crippen molar-refractivity contribution in [3.63, 3.8) is 0 Å². The van der Waals surface area contributed by atoms with E-state index >= 15 is 0 Å². The second-order valence-corrected chi connectivity index (χ2v) is 4.55. The molecule has 0 radical (unpaired) electrons. The van der Waals surface area contributed by atoms with E-state index in [-0.39, 0.29) is 0 Å². The van der Waals surface area contributed by atoms with Gasteiger partial charge in [-0.2, -0.15) is 0 Å². The summed E-state index contributed by atoms with van der Waals surface area (Å²) in [7, 11) is 2.23. The van der Waals surface area contributed by atoms with Crippen LogP contribution in [0.5, 0.6) is 0 Å². The summed E-state index contributed by atoms with van der Waals surface area (Å²) >= 11 is 0. The fourth-order valence-corrected chi connectivity index (χ4v) is 1.40. The first-order valence-corrected chi connectivity index (χ1v) is 6.06. The van der Waals surface area contributed by atoms with Gasteiger partial charge in [-0.15, -0.1) is 0 Å². The minimum atomic E-state index is 0.833. The van der Waals surface area contributed by atoms with Crippen LogP contribution >= 0.6 is 0 Å². The molecule has 0 saturated heterocycles. The maximum atomic E-state index is 3.35. The Labute approximate surface area is 90.1 Å². The average molecular weight is 200 g/mol. The zero-order valence-electron chi connectivity index (χ0n) is 10.5. The summed E-state index contributed by atoms with van der Waals surface area (Å²) in [6.07, 6.45) is 3.95. The molecule has 0 rings (SSSR count). The van der Waals surface area contributed by atoms with Crippen LogP contribution in [0.2, 0.25) is 0 Å². The van der Waals surface area contributed by atoms with Crippen LogP contribution in [0, 0.1) is 5.92 Å². The van der Waals surface area contributed by atoms with Crippen molar-refractivity contribution in [1.29, 1.82) is 0 Å². The van der Waals surface area contributed by atoms with Crippen LogP contribution in [0.3, 0.4) is 0 Å². The Morgan fingerprint density at radius 1 is 1.14 bits per heavy atom. The van der Waals surface area contributed by atoms with Crippen molar-refractivity contribution >= 4 is 0 Å². The molecule has 0 bridgehead atoms. The molecule has 0 aliphatic carbocycles. The third-order valence-corrected chi connectivity index (χ3v) is 2.48. The molecule has 0 unspecified atom stereocenters. The zero-order valence-corrected chi connectivity index (χ0v) is 10.5. The molecular weight excluding hydrogens is 172 g/mol. The average Bonchev–Trinajstić information content (AvgIpc) is 2.14. The van der Waals surface area contributed by atoms with Gasteiger partial charge < -0.3 is 10.2 Å². The second kappa shape index (κ2) is 9.47. The van der Waals surface area contributed by atoms with Crippen LogP contribution in [0.1, 0.15) is 40.0 Å². The van der Waals surface area contributed by atoms with E-state index in [9.17, 15) is 0 Å².